The van der Waals surface area contributed by atoms with Gasteiger partial charge >= 0.3 is 5.97 Å². The van der Waals surface area contributed by atoms with E-state index < -0.39 is 22.0 Å². The molecule has 0 aromatic carbocycles. The van der Waals surface area contributed by atoms with Crippen LogP contribution in [0.5, 0.6) is 0 Å². The number of oxazole rings is 1. The SMILES string of the molecule is Cc1oc([C@@H]2CCCCN2S(=O)(=O)C2CCCCC2)nc1C(=O)O. The topological polar surface area (TPSA) is 101 Å². The molecule has 1 aliphatic heterocycles. The number of hydrogen-bond acceptors (Lipinski definition) is 5. The van der Waals surface area contributed by atoms with Gasteiger partial charge in [-0.05, 0) is 32.6 Å². The maximum Gasteiger partial charge on any atom is 0.358 e. The van der Waals surface area contributed by atoms with E-state index in [4.69, 9.17) is 9.52 Å². The van der Waals surface area contributed by atoms with E-state index in [2.05, 4.69) is 4.98 Å². The van der Waals surface area contributed by atoms with Crippen LogP contribution >= 0.6 is 0 Å². The predicted molar refractivity (Wildman–Crippen MR) is 87.3 cm³/mol. The number of nitrogens with zero attached hydrogens (tertiary/aromatic N) is 2. The Hall–Kier alpha value is -1.41. The number of aromatic carboxylic acids is 1. The van der Waals surface area contributed by atoms with Crippen LogP contribution in [0.3, 0.4) is 0 Å². The summed E-state index contributed by atoms with van der Waals surface area (Å²) < 4.78 is 33.2. The quantitative estimate of drug-likeness (QED) is 0.890. The van der Waals surface area contributed by atoms with Crippen LogP contribution < -0.4 is 0 Å². The summed E-state index contributed by atoms with van der Waals surface area (Å²) in [6.45, 7) is 2.00. The second kappa shape index (κ2) is 6.84. The lowest BCUT2D eigenvalue weighted by Gasteiger charge is -2.36. The molecule has 2 fully saturated rings. The highest BCUT2D eigenvalue weighted by molar-refractivity contribution is 7.89. The molecular formula is C16H24N2O5S. The Bertz CT molecular complexity index is 706. The van der Waals surface area contributed by atoms with Crippen LogP contribution in [-0.2, 0) is 10.0 Å². The van der Waals surface area contributed by atoms with Crippen LogP contribution in [0, 0.1) is 6.92 Å². The van der Waals surface area contributed by atoms with Crippen LogP contribution in [-0.4, -0.2) is 40.6 Å². The van der Waals surface area contributed by atoms with Crippen LogP contribution in [0.4, 0.5) is 0 Å². The van der Waals surface area contributed by atoms with E-state index in [0.29, 0.717) is 25.8 Å². The minimum atomic E-state index is -3.42. The molecule has 0 unspecified atom stereocenters. The largest absolute Gasteiger partial charge is 0.476 e. The van der Waals surface area contributed by atoms with Gasteiger partial charge in [0.2, 0.25) is 15.9 Å². The van der Waals surface area contributed by atoms with Gasteiger partial charge in [0, 0.05) is 6.54 Å². The van der Waals surface area contributed by atoms with Crippen LogP contribution in [0.1, 0.15) is 79.5 Å². The third kappa shape index (κ3) is 3.21. The Morgan fingerprint density at radius 1 is 1.17 bits per heavy atom. The average Bonchev–Trinajstić information content (AvgIpc) is 2.98. The van der Waals surface area contributed by atoms with Gasteiger partial charge in [0.05, 0.1) is 5.25 Å². The molecule has 7 nitrogen and oxygen atoms in total. The molecule has 1 aromatic heterocycles. The first-order valence-electron chi connectivity index (χ1n) is 8.62. The summed E-state index contributed by atoms with van der Waals surface area (Å²) in [6, 6.07) is -0.488. The predicted octanol–water partition coefficient (Wildman–Crippen LogP) is 2.87. The monoisotopic (exact) mass is 356 g/mol. The first-order chi connectivity index (χ1) is 11.4. The van der Waals surface area contributed by atoms with E-state index in [1.54, 1.807) is 6.92 Å². The molecule has 1 aliphatic carbocycles. The van der Waals surface area contributed by atoms with Crippen molar-refractivity contribution in [2.24, 2.45) is 0 Å². The molecule has 134 valence electrons. The van der Waals surface area contributed by atoms with E-state index >= 15 is 0 Å². The van der Waals surface area contributed by atoms with Crippen molar-refractivity contribution in [2.75, 3.05) is 6.54 Å². The summed E-state index contributed by atoms with van der Waals surface area (Å²) >= 11 is 0. The van der Waals surface area contributed by atoms with Crippen LogP contribution in [0.15, 0.2) is 4.42 Å². The highest BCUT2D eigenvalue weighted by Crippen LogP contribution is 2.37. The standard InChI is InChI=1S/C16H24N2O5S/c1-11-14(16(19)20)17-15(23-11)13-9-5-6-10-18(13)24(21,22)12-7-3-2-4-8-12/h12-13H,2-10H2,1H3,(H,19,20)/t13-/m0/s1. The lowest BCUT2D eigenvalue weighted by atomic mass is 10.0. The zero-order chi connectivity index (χ0) is 17.3. The van der Waals surface area contributed by atoms with Gasteiger partial charge in [-0.15, -0.1) is 0 Å². The maximum absolute atomic E-state index is 13.1. The molecule has 1 saturated heterocycles. The molecule has 0 spiro atoms. The van der Waals surface area contributed by atoms with Gasteiger partial charge in [-0.25, -0.2) is 18.2 Å². The van der Waals surface area contributed by atoms with Gasteiger partial charge in [0.1, 0.15) is 11.8 Å². The zero-order valence-electron chi connectivity index (χ0n) is 13.9. The highest BCUT2D eigenvalue weighted by Gasteiger charge is 2.41. The van der Waals surface area contributed by atoms with Crippen LogP contribution in [0.25, 0.3) is 0 Å². The third-order valence-electron chi connectivity index (χ3n) is 5.05. The molecule has 24 heavy (non-hydrogen) atoms. The van der Waals surface area contributed by atoms with Gasteiger partial charge in [-0.2, -0.15) is 4.31 Å². The number of carbonyl (C=O) groups is 1. The average molecular weight is 356 g/mol. The number of sulfonamides is 1. The fraction of sp³-hybridized carbons (Fsp3) is 0.750. The Morgan fingerprint density at radius 2 is 1.83 bits per heavy atom. The molecule has 2 aliphatic rings. The highest BCUT2D eigenvalue weighted by atomic mass is 32.2. The van der Waals surface area contributed by atoms with E-state index in [-0.39, 0.29) is 22.6 Å². The molecule has 0 bridgehead atoms. The summed E-state index contributed by atoms with van der Waals surface area (Å²) in [4.78, 5) is 15.3. The Labute approximate surface area is 142 Å². The van der Waals surface area contributed by atoms with E-state index in [1.807, 2.05) is 0 Å². The van der Waals surface area contributed by atoms with Crippen molar-refractivity contribution < 1.29 is 22.7 Å². The number of carboxylic acids is 1. The number of piperidine rings is 1. The first kappa shape index (κ1) is 17.4. The number of hydrogen-bond donors (Lipinski definition) is 1. The molecule has 3 rings (SSSR count). The van der Waals surface area contributed by atoms with Crippen molar-refractivity contribution in [3.63, 3.8) is 0 Å². The fourth-order valence-corrected chi connectivity index (χ4v) is 6.01. The third-order valence-corrected chi connectivity index (χ3v) is 7.46. The Morgan fingerprint density at radius 3 is 2.46 bits per heavy atom. The molecule has 0 amide bonds. The number of carboxylic acid groups (broad SMARTS) is 1. The maximum atomic E-state index is 13.1. The van der Waals surface area contributed by atoms with Crippen molar-refractivity contribution in [3.05, 3.63) is 17.3 Å². The zero-order valence-corrected chi connectivity index (χ0v) is 14.7. The second-order valence-corrected chi connectivity index (χ2v) is 8.85. The van der Waals surface area contributed by atoms with E-state index in [0.717, 1.165) is 32.1 Å². The fourth-order valence-electron chi connectivity index (χ4n) is 3.77. The van der Waals surface area contributed by atoms with Gasteiger partial charge in [-0.3, -0.25) is 0 Å². The molecule has 1 saturated carbocycles. The molecule has 0 radical (unpaired) electrons. The molecule has 1 aromatic rings. The summed E-state index contributed by atoms with van der Waals surface area (Å²) in [5.74, 6) is -0.720. The first-order valence-corrected chi connectivity index (χ1v) is 10.1. The van der Waals surface area contributed by atoms with Gasteiger partial charge < -0.3 is 9.52 Å². The summed E-state index contributed by atoms with van der Waals surface area (Å²) in [6.07, 6.45) is 6.71. The Kier molecular flexibility index (Phi) is 4.96. The number of aryl methyl sites for hydroxylation is 1. The van der Waals surface area contributed by atoms with E-state index in [9.17, 15) is 13.2 Å². The normalized spacial score (nSPS) is 24.1. The molecule has 8 heteroatoms. The van der Waals surface area contributed by atoms with Gasteiger partial charge in [0.15, 0.2) is 5.69 Å². The molecular weight excluding hydrogens is 332 g/mol. The summed E-state index contributed by atoms with van der Waals surface area (Å²) in [5.41, 5.74) is -0.134. The summed E-state index contributed by atoms with van der Waals surface area (Å²) in [7, 11) is -3.42. The van der Waals surface area contributed by atoms with Crippen LogP contribution in [0.2, 0.25) is 0 Å². The number of rotatable bonds is 4. The van der Waals surface area contributed by atoms with Crippen molar-refractivity contribution in [1.29, 1.82) is 0 Å². The Balaban J connectivity index is 1.90. The van der Waals surface area contributed by atoms with Crippen molar-refractivity contribution in [1.82, 2.24) is 9.29 Å². The molecule has 1 N–H and O–H groups in total. The van der Waals surface area contributed by atoms with Crippen molar-refractivity contribution in [2.45, 2.75) is 69.6 Å². The minimum Gasteiger partial charge on any atom is -0.476 e. The number of aromatic nitrogens is 1. The summed E-state index contributed by atoms with van der Waals surface area (Å²) in [5, 5.41) is 8.82. The van der Waals surface area contributed by atoms with Crippen molar-refractivity contribution in [3.8, 4) is 0 Å². The lowest BCUT2D eigenvalue weighted by molar-refractivity contribution is 0.0689. The lowest BCUT2D eigenvalue weighted by Crippen LogP contribution is -2.44. The van der Waals surface area contributed by atoms with Crippen molar-refractivity contribution >= 4 is 16.0 Å². The molecule has 2 heterocycles. The minimum absolute atomic E-state index is 0.134. The van der Waals surface area contributed by atoms with Gasteiger partial charge in [0.25, 0.3) is 0 Å². The smallest absolute Gasteiger partial charge is 0.358 e. The van der Waals surface area contributed by atoms with E-state index in [1.165, 1.54) is 4.31 Å². The molecule has 1 atom stereocenters. The second-order valence-electron chi connectivity index (χ2n) is 6.69. The van der Waals surface area contributed by atoms with Gasteiger partial charge in [-0.1, -0.05) is 25.7 Å².